The van der Waals surface area contributed by atoms with Crippen LogP contribution in [0.5, 0.6) is 28.7 Å². The Morgan fingerprint density at radius 3 is 1.78 bits per heavy atom. The summed E-state index contributed by atoms with van der Waals surface area (Å²) in [4.78, 5) is 0. The molecule has 0 N–H and O–H groups in total. The molecule has 0 bridgehead atoms. The average Bonchev–Trinajstić information content (AvgIpc) is 3.21. The van der Waals surface area contributed by atoms with Crippen LogP contribution in [0.25, 0.3) is 11.1 Å². The lowest BCUT2D eigenvalue weighted by atomic mass is 9.94. The van der Waals surface area contributed by atoms with E-state index in [0.717, 1.165) is 58.3 Å². The zero-order valence-corrected chi connectivity index (χ0v) is 19.2. The number of hydrogen-bond donors (Lipinski definition) is 0. The highest BCUT2D eigenvalue weighted by molar-refractivity contribution is 5.99. The third-order valence-electron chi connectivity index (χ3n) is 5.92. The molecule has 166 valence electrons. The second-order valence-electron chi connectivity index (χ2n) is 7.62. The summed E-state index contributed by atoms with van der Waals surface area (Å²) in [7, 11) is 8.39. The van der Waals surface area contributed by atoms with Gasteiger partial charge in [0.15, 0.2) is 0 Å². The van der Waals surface area contributed by atoms with Crippen molar-refractivity contribution in [3.63, 3.8) is 0 Å². The first-order valence-corrected chi connectivity index (χ1v) is 10.4. The van der Waals surface area contributed by atoms with E-state index in [2.05, 4.69) is 30.3 Å². The number of rotatable bonds is 8. The summed E-state index contributed by atoms with van der Waals surface area (Å²) in [6.45, 7) is 0. The molecule has 5 nitrogen and oxygen atoms in total. The number of methoxy groups -OCH3 is 5. The minimum absolute atomic E-state index is 0.754. The van der Waals surface area contributed by atoms with Crippen LogP contribution in [-0.4, -0.2) is 35.5 Å². The second kappa shape index (κ2) is 9.27. The minimum atomic E-state index is 0.754. The summed E-state index contributed by atoms with van der Waals surface area (Å²) in [6.07, 6.45) is 1.52. The van der Waals surface area contributed by atoms with Gasteiger partial charge in [-0.3, -0.25) is 0 Å². The fraction of sp³-hybridized carbons (Fsp3) is 0.259. The van der Waals surface area contributed by atoms with Crippen LogP contribution in [0.1, 0.15) is 22.3 Å². The molecule has 4 rings (SSSR count). The van der Waals surface area contributed by atoms with Crippen molar-refractivity contribution in [2.45, 2.75) is 12.8 Å². The Hall–Kier alpha value is -3.60. The first-order chi connectivity index (χ1) is 15.6. The van der Waals surface area contributed by atoms with Crippen LogP contribution in [0, 0.1) is 0 Å². The Morgan fingerprint density at radius 1 is 0.625 bits per heavy atom. The van der Waals surface area contributed by atoms with Gasteiger partial charge in [0.2, 0.25) is 0 Å². The standard InChI is InChI=1S/C27H28O5/c1-28-19-8-6-17(7-9-19)10-24-23(18-11-20(29-2)13-21(12-18)30-3)16-26-25(24)14-22(31-4)15-27(26)32-5/h6-9,11-15H,10,16H2,1-5H3. The summed E-state index contributed by atoms with van der Waals surface area (Å²) < 4.78 is 27.7. The third kappa shape index (κ3) is 4.11. The molecule has 0 fully saturated rings. The van der Waals surface area contributed by atoms with E-state index in [-0.39, 0.29) is 0 Å². The van der Waals surface area contributed by atoms with Crippen molar-refractivity contribution in [3.8, 4) is 28.7 Å². The van der Waals surface area contributed by atoms with Crippen LogP contribution in [0.2, 0.25) is 0 Å². The fourth-order valence-corrected chi connectivity index (χ4v) is 4.23. The predicted molar refractivity (Wildman–Crippen MR) is 126 cm³/mol. The zero-order valence-electron chi connectivity index (χ0n) is 19.2. The largest absolute Gasteiger partial charge is 0.497 e. The Bertz CT molecular complexity index is 1120. The molecule has 0 aliphatic heterocycles. The van der Waals surface area contributed by atoms with Crippen LogP contribution >= 0.6 is 0 Å². The molecule has 0 amide bonds. The maximum absolute atomic E-state index is 5.73. The number of allylic oxidation sites excluding steroid dienone is 2. The van der Waals surface area contributed by atoms with Crippen LogP contribution in [0.4, 0.5) is 0 Å². The van der Waals surface area contributed by atoms with E-state index in [1.807, 2.05) is 24.3 Å². The lowest BCUT2D eigenvalue weighted by Gasteiger charge is -2.13. The van der Waals surface area contributed by atoms with Crippen LogP contribution in [0.15, 0.2) is 54.6 Å². The molecule has 3 aromatic carbocycles. The molecule has 0 radical (unpaired) electrons. The molecule has 0 atom stereocenters. The summed E-state index contributed by atoms with van der Waals surface area (Å²) >= 11 is 0. The summed E-state index contributed by atoms with van der Waals surface area (Å²) in [5.74, 6) is 3.97. The van der Waals surface area contributed by atoms with Gasteiger partial charge in [0.1, 0.15) is 28.7 Å². The molecular formula is C27H28O5. The van der Waals surface area contributed by atoms with Crippen LogP contribution in [0.3, 0.4) is 0 Å². The van der Waals surface area contributed by atoms with Crippen LogP contribution < -0.4 is 23.7 Å². The van der Waals surface area contributed by atoms with E-state index in [4.69, 9.17) is 23.7 Å². The van der Waals surface area contributed by atoms with Gasteiger partial charge < -0.3 is 23.7 Å². The van der Waals surface area contributed by atoms with Crippen molar-refractivity contribution in [1.82, 2.24) is 0 Å². The lowest BCUT2D eigenvalue weighted by molar-refractivity contribution is 0.392. The lowest BCUT2D eigenvalue weighted by Crippen LogP contribution is -1.96. The Kier molecular flexibility index (Phi) is 6.26. The van der Waals surface area contributed by atoms with E-state index in [1.165, 1.54) is 16.7 Å². The molecule has 0 unspecified atom stereocenters. The van der Waals surface area contributed by atoms with Crippen molar-refractivity contribution in [1.29, 1.82) is 0 Å². The van der Waals surface area contributed by atoms with E-state index >= 15 is 0 Å². The highest BCUT2D eigenvalue weighted by Crippen LogP contribution is 2.46. The number of benzene rings is 3. The van der Waals surface area contributed by atoms with Gasteiger partial charge in [0.25, 0.3) is 0 Å². The van der Waals surface area contributed by atoms with Gasteiger partial charge in [-0.15, -0.1) is 0 Å². The van der Waals surface area contributed by atoms with Crippen molar-refractivity contribution >= 4 is 11.1 Å². The van der Waals surface area contributed by atoms with Gasteiger partial charge in [-0.25, -0.2) is 0 Å². The smallest absolute Gasteiger partial charge is 0.126 e. The average molecular weight is 433 g/mol. The number of fused-ring (bicyclic) bond motifs is 1. The first kappa shape index (κ1) is 21.6. The second-order valence-corrected chi connectivity index (χ2v) is 7.62. The fourth-order valence-electron chi connectivity index (χ4n) is 4.23. The molecule has 1 aliphatic rings. The quantitative estimate of drug-likeness (QED) is 0.474. The van der Waals surface area contributed by atoms with Gasteiger partial charge in [-0.2, -0.15) is 0 Å². The molecule has 0 saturated carbocycles. The monoisotopic (exact) mass is 432 g/mol. The van der Waals surface area contributed by atoms with E-state index in [1.54, 1.807) is 35.5 Å². The van der Waals surface area contributed by atoms with Crippen molar-refractivity contribution < 1.29 is 23.7 Å². The van der Waals surface area contributed by atoms with E-state index in [0.29, 0.717) is 0 Å². The predicted octanol–water partition coefficient (Wildman–Crippen LogP) is 5.44. The molecule has 32 heavy (non-hydrogen) atoms. The maximum atomic E-state index is 5.73. The summed E-state index contributed by atoms with van der Waals surface area (Å²) in [5, 5.41) is 0. The molecule has 3 aromatic rings. The number of hydrogen-bond acceptors (Lipinski definition) is 5. The summed E-state index contributed by atoms with van der Waals surface area (Å²) in [5.41, 5.74) is 7.03. The van der Waals surface area contributed by atoms with Gasteiger partial charge in [0, 0.05) is 24.1 Å². The normalized spacial score (nSPS) is 12.4. The molecule has 5 heteroatoms. The molecular weight excluding hydrogens is 404 g/mol. The first-order valence-electron chi connectivity index (χ1n) is 10.4. The van der Waals surface area contributed by atoms with E-state index < -0.39 is 0 Å². The van der Waals surface area contributed by atoms with Gasteiger partial charge in [-0.05, 0) is 64.6 Å². The maximum Gasteiger partial charge on any atom is 0.126 e. The Labute approximate surface area is 189 Å². The summed E-state index contributed by atoms with van der Waals surface area (Å²) in [6, 6.07) is 18.2. The van der Waals surface area contributed by atoms with Crippen molar-refractivity contribution in [2.24, 2.45) is 0 Å². The third-order valence-corrected chi connectivity index (χ3v) is 5.92. The molecule has 0 spiro atoms. The molecule has 0 heterocycles. The van der Waals surface area contributed by atoms with Gasteiger partial charge in [-0.1, -0.05) is 12.1 Å². The minimum Gasteiger partial charge on any atom is -0.497 e. The zero-order chi connectivity index (χ0) is 22.7. The highest BCUT2D eigenvalue weighted by atomic mass is 16.5. The van der Waals surface area contributed by atoms with Crippen molar-refractivity contribution in [3.05, 3.63) is 76.9 Å². The highest BCUT2D eigenvalue weighted by Gasteiger charge is 2.27. The Balaban J connectivity index is 1.88. The van der Waals surface area contributed by atoms with Crippen molar-refractivity contribution in [2.75, 3.05) is 35.5 Å². The SMILES string of the molecule is COc1ccc(CC2=C(c3cc(OC)cc(OC)c3)Cc3c(OC)cc(OC)cc32)cc1. The van der Waals surface area contributed by atoms with Crippen LogP contribution in [-0.2, 0) is 12.8 Å². The molecule has 0 aromatic heterocycles. The van der Waals surface area contributed by atoms with E-state index in [9.17, 15) is 0 Å². The van der Waals surface area contributed by atoms with Gasteiger partial charge >= 0.3 is 0 Å². The topological polar surface area (TPSA) is 46.2 Å². The molecule has 0 saturated heterocycles. The molecule has 1 aliphatic carbocycles. The number of ether oxygens (including phenoxy) is 5. The Morgan fingerprint density at radius 2 is 1.22 bits per heavy atom. The van der Waals surface area contributed by atoms with Gasteiger partial charge in [0.05, 0.1) is 35.5 Å².